The molecule has 29 heavy (non-hydrogen) atoms. The van der Waals surface area contributed by atoms with E-state index < -0.39 is 0 Å². The summed E-state index contributed by atoms with van der Waals surface area (Å²) >= 11 is 0. The average Bonchev–Trinajstić information content (AvgIpc) is 3.14. The summed E-state index contributed by atoms with van der Waals surface area (Å²) in [5.74, 6) is 2.14. The second-order valence-corrected chi connectivity index (χ2v) is 7.73. The number of hydrogen-bond donors (Lipinski definition) is 1. The zero-order valence-electron chi connectivity index (χ0n) is 17.7. The molecule has 4 nitrogen and oxygen atoms in total. The van der Waals surface area contributed by atoms with E-state index in [0.29, 0.717) is 19.1 Å². The van der Waals surface area contributed by atoms with E-state index in [2.05, 4.69) is 78.5 Å². The Labute approximate surface area is 173 Å². The first-order chi connectivity index (χ1) is 14.1. The third kappa shape index (κ3) is 3.77. The predicted molar refractivity (Wildman–Crippen MR) is 117 cm³/mol. The van der Waals surface area contributed by atoms with Gasteiger partial charge in [0.2, 0.25) is 0 Å². The quantitative estimate of drug-likeness (QED) is 0.596. The van der Waals surface area contributed by atoms with Crippen LogP contribution in [0.2, 0.25) is 0 Å². The minimum Gasteiger partial charge on any atom is -0.490 e. The summed E-state index contributed by atoms with van der Waals surface area (Å²) in [6, 6.07) is 17.6. The van der Waals surface area contributed by atoms with Crippen LogP contribution >= 0.6 is 0 Å². The Morgan fingerprint density at radius 3 is 2.34 bits per heavy atom. The van der Waals surface area contributed by atoms with Crippen LogP contribution in [0, 0.1) is 0 Å². The van der Waals surface area contributed by atoms with Crippen LogP contribution in [0.25, 0.3) is 5.69 Å². The number of nitrogens with one attached hydrogen (secondary N) is 1. The fourth-order valence-corrected chi connectivity index (χ4v) is 4.02. The summed E-state index contributed by atoms with van der Waals surface area (Å²) in [4.78, 5) is 0. The lowest BCUT2D eigenvalue weighted by Gasteiger charge is -2.19. The van der Waals surface area contributed by atoms with Crippen LogP contribution in [-0.2, 0) is 6.54 Å². The normalized spacial score (nSPS) is 15.6. The Hall–Kier alpha value is -2.72. The summed E-state index contributed by atoms with van der Waals surface area (Å²) in [5, 5.41) is 3.75. The fourth-order valence-electron chi connectivity index (χ4n) is 4.02. The number of aromatic nitrogens is 1. The maximum Gasteiger partial charge on any atom is 0.163 e. The van der Waals surface area contributed by atoms with E-state index in [1.165, 1.54) is 22.4 Å². The van der Waals surface area contributed by atoms with Gasteiger partial charge in [-0.2, -0.15) is 0 Å². The molecule has 2 aromatic carbocycles. The molecule has 1 aromatic heterocycles. The number of hydrogen-bond acceptors (Lipinski definition) is 3. The summed E-state index contributed by atoms with van der Waals surface area (Å²) in [6.45, 7) is 10.5. The van der Waals surface area contributed by atoms with Gasteiger partial charge in [0.25, 0.3) is 0 Å². The third-order valence-electron chi connectivity index (χ3n) is 5.51. The topological polar surface area (TPSA) is 35.4 Å². The first-order valence-electron chi connectivity index (χ1n) is 10.6. The largest absolute Gasteiger partial charge is 0.490 e. The van der Waals surface area contributed by atoms with Gasteiger partial charge in [0.15, 0.2) is 11.5 Å². The molecular formula is C25H30N2O2. The molecule has 0 saturated heterocycles. The Morgan fingerprint density at radius 2 is 1.69 bits per heavy atom. The average molecular weight is 391 g/mol. The first kappa shape index (κ1) is 19.6. The molecule has 4 rings (SSSR count). The highest BCUT2D eigenvalue weighted by atomic mass is 16.5. The van der Waals surface area contributed by atoms with Gasteiger partial charge in [-0.05, 0) is 54.7 Å². The molecule has 2 heterocycles. The molecule has 4 heteroatoms. The maximum absolute atomic E-state index is 5.88. The fraction of sp³-hybridized carbons (Fsp3) is 0.360. The van der Waals surface area contributed by atoms with E-state index in [1.54, 1.807) is 0 Å². The highest BCUT2D eigenvalue weighted by Crippen LogP contribution is 2.37. The van der Waals surface area contributed by atoms with Crippen molar-refractivity contribution in [1.29, 1.82) is 0 Å². The molecule has 1 atom stereocenters. The van der Waals surface area contributed by atoms with E-state index in [4.69, 9.17) is 9.47 Å². The number of rotatable bonds is 6. The SMILES string of the molecule is CCOc1cc2c(cc1OCC)-n1cccc1[C@@H](c1ccc(C(C)C)cc1)NC2. The minimum atomic E-state index is 0.129. The molecule has 1 aliphatic heterocycles. The lowest BCUT2D eigenvalue weighted by Crippen LogP contribution is -2.21. The van der Waals surface area contributed by atoms with Crippen molar-refractivity contribution in [2.75, 3.05) is 13.2 Å². The number of ether oxygens (including phenoxy) is 2. The third-order valence-corrected chi connectivity index (χ3v) is 5.51. The van der Waals surface area contributed by atoms with Gasteiger partial charge >= 0.3 is 0 Å². The van der Waals surface area contributed by atoms with E-state index in [9.17, 15) is 0 Å². The molecule has 0 radical (unpaired) electrons. The standard InChI is InChI=1S/C25H30N2O2/c1-5-28-23-14-20-16-26-25(19-11-9-18(10-12-19)17(3)4)21-8-7-13-27(21)22(20)15-24(23)29-6-2/h7-15,17,25-26H,5-6,16H2,1-4H3/t25-/m1/s1. The van der Waals surface area contributed by atoms with Crippen LogP contribution in [0.1, 0.15) is 62.0 Å². The Bertz CT molecular complexity index is 973. The molecule has 0 aliphatic carbocycles. The summed E-state index contributed by atoms with van der Waals surface area (Å²) in [6.07, 6.45) is 2.13. The molecular weight excluding hydrogens is 360 g/mol. The van der Waals surface area contributed by atoms with Gasteiger partial charge in [-0.15, -0.1) is 0 Å². The summed E-state index contributed by atoms with van der Waals surface area (Å²) < 4.78 is 14.0. The van der Waals surface area contributed by atoms with Gasteiger partial charge in [-0.25, -0.2) is 0 Å². The van der Waals surface area contributed by atoms with Gasteiger partial charge in [-0.3, -0.25) is 0 Å². The van der Waals surface area contributed by atoms with Crippen molar-refractivity contribution < 1.29 is 9.47 Å². The van der Waals surface area contributed by atoms with Crippen LogP contribution in [0.4, 0.5) is 0 Å². The van der Waals surface area contributed by atoms with Gasteiger partial charge in [0.05, 0.1) is 24.9 Å². The smallest absolute Gasteiger partial charge is 0.163 e. The Balaban J connectivity index is 1.76. The second kappa shape index (κ2) is 8.34. The van der Waals surface area contributed by atoms with Crippen LogP contribution in [0.15, 0.2) is 54.7 Å². The van der Waals surface area contributed by atoms with Crippen LogP contribution in [0.3, 0.4) is 0 Å². The molecule has 3 aromatic rings. The van der Waals surface area contributed by atoms with Crippen LogP contribution < -0.4 is 14.8 Å². The molecule has 1 aliphatic rings. The molecule has 0 fully saturated rings. The first-order valence-corrected chi connectivity index (χ1v) is 10.6. The van der Waals surface area contributed by atoms with Crippen molar-refractivity contribution in [2.24, 2.45) is 0 Å². The van der Waals surface area contributed by atoms with Crippen LogP contribution in [-0.4, -0.2) is 17.8 Å². The van der Waals surface area contributed by atoms with Gasteiger partial charge in [0.1, 0.15) is 0 Å². The van der Waals surface area contributed by atoms with E-state index in [-0.39, 0.29) is 6.04 Å². The maximum atomic E-state index is 5.88. The summed E-state index contributed by atoms with van der Waals surface area (Å²) in [5.41, 5.74) is 6.22. The van der Waals surface area contributed by atoms with Crippen LogP contribution in [0.5, 0.6) is 11.5 Å². The lowest BCUT2D eigenvalue weighted by molar-refractivity contribution is 0.287. The highest BCUT2D eigenvalue weighted by molar-refractivity contribution is 5.56. The van der Waals surface area contributed by atoms with Crippen molar-refractivity contribution in [3.63, 3.8) is 0 Å². The van der Waals surface area contributed by atoms with Gasteiger partial charge < -0.3 is 19.4 Å². The predicted octanol–water partition coefficient (Wildman–Crippen LogP) is 5.59. The molecule has 0 saturated carbocycles. The minimum absolute atomic E-state index is 0.129. The molecule has 0 unspecified atom stereocenters. The molecule has 1 N–H and O–H groups in total. The molecule has 0 spiro atoms. The monoisotopic (exact) mass is 390 g/mol. The van der Waals surface area contributed by atoms with E-state index in [0.717, 1.165) is 23.7 Å². The zero-order chi connectivity index (χ0) is 20.4. The summed E-state index contributed by atoms with van der Waals surface area (Å²) in [7, 11) is 0. The number of nitrogens with zero attached hydrogens (tertiary/aromatic N) is 1. The Kier molecular flexibility index (Phi) is 5.63. The van der Waals surface area contributed by atoms with Crippen molar-refractivity contribution >= 4 is 0 Å². The van der Waals surface area contributed by atoms with Gasteiger partial charge in [0, 0.05) is 24.5 Å². The lowest BCUT2D eigenvalue weighted by atomic mass is 9.98. The van der Waals surface area contributed by atoms with Gasteiger partial charge in [-0.1, -0.05) is 38.1 Å². The van der Waals surface area contributed by atoms with Crippen molar-refractivity contribution in [2.45, 2.75) is 46.2 Å². The van der Waals surface area contributed by atoms with E-state index >= 15 is 0 Å². The van der Waals surface area contributed by atoms with Crippen molar-refractivity contribution in [3.8, 4) is 17.2 Å². The van der Waals surface area contributed by atoms with E-state index in [1.807, 2.05) is 13.8 Å². The highest BCUT2D eigenvalue weighted by Gasteiger charge is 2.24. The van der Waals surface area contributed by atoms with Crippen molar-refractivity contribution in [1.82, 2.24) is 9.88 Å². The molecule has 0 amide bonds. The zero-order valence-corrected chi connectivity index (χ0v) is 17.7. The molecule has 0 bridgehead atoms. The number of fused-ring (bicyclic) bond motifs is 3. The van der Waals surface area contributed by atoms with Crippen molar-refractivity contribution in [3.05, 3.63) is 77.1 Å². The Morgan fingerprint density at radius 1 is 1.00 bits per heavy atom. The second-order valence-electron chi connectivity index (χ2n) is 7.73. The molecule has 152 valence electrons. The number of benzene rings is 2.